The summed E-state index contributed by atoms with van der Waals surface area (Å²) in [6, 6.07) is 11.7. The Morgan fingerprint density at radius 3 is 2.42 bits per heavy atom. The number of aliphatic hydroxyl groups is 1. The molecule has 1 unspecified atom stereocenters. The number of likely N-dealkylation sites (tertiary alicyclic amines) is 1. The molecule has 1 atom stereocenters. The molecule has 0 aliphatic carbocycles. The first kappa shape index (κ1) is 21.0. The number of imidazole rings is 1. The quantitative estimate of drug-likeness (QED) is 0.322. The molecule has 1 aliphatic rings. The molecule has 8 heteroatoms. The van der Waals surface area contributed by atoms with E-state index in [1.165, 1.54) is 29.2 Å². The van der Waals surface area contributed by atoms with Crippen LogP contribution in [0.3, 0.4) is 0 Å². The molecular weight excluding hydrogens is 465 g/mol. The molecule has 31 heavy (non-hydrogen) atoms. The van der Waals surface area contributed by atoms with Crippen molar-refractivity contribution in [2.75, 3.05) is 6.54 Å². The summed E-state index contributed by atoms with van der Waals surface area (Å²) >= 11 is 3.39. The summed E-state index contributed by atoms with van der Waals surface area (Å²) in [5.74, 6) is -2.19. The Hall–Kier alpha value is -3.26. The van der Waals surface area contributed by atoms with Gasteiger partial charge in [-0.25, -0.2) is 9.37 Å². The van der Waals surface area contributed by atoms with Gasteiger partial charge in [-0.15, -0.1) is 0 Å². The highest BCUT2D eigenvalue weighted by Gasteiger charge is 2.45. The van der Waals surface area contributed by atoms with E-state index in [1.807, 2.05) is 22.9 Å². The maximum Gasteiger partial charge on any atom is 0.295 e. The fourth-order valence-corrected chi connectivity index (χ4v) is 3.97. The lowest BCUT2D eigenvalue weighted by molar-refractivity contribution is -0.139. The lowest BCUT2D eigenvalue weighted by Gasteiger charge is -2.25. The van der Waals surface area contributed by atoms with Gasteiger partial charge in [-0.3, -0.25) is 9.59 Å². The number of nitrogens with zero attached hydrogens (tertiary/aromatic N) is 3. The average Bonchev–Trinajstić information content (AvgIpc) is 3.37. The molecule has 1 aromatic heterocycles. The second kappa shape index (κ2) is 8.85. The molecule has 3 aromatic rings. The van der Waals surface area contributed by atoms with E-state index in [1.54, 1.807) is 24.7 Å². The predicted molar refractivity (Wildman–Crippen MR) is 116 cm³/mol. The SMILES string of the molecule is O=C1C(=O)N(CCCn2ccnc2)C(c2ccc(Br)cc2)C1=C(O)c1ccc(F)cc1. The third-order valence-electron chi connectivity index (χ3n) is 5.22. The van der Waals surface area contributed by atoms with Gasteiger partial charge in [-0.2, -0.15) is 0 Å². The van der Waals surface area contributed by atoms with Gasteiger partial charge in [0.15, 0.2) is 0 Å². The molecule has 1 N–H and O–H groups in total. The van der Waals surface area contributed by atoms with Crippen LogP contribution in [-0.2, 0) is 16.1 Å². The molecule has 0 bridgehead atoms. The Bertz CT molecular complexity index is 1130. The summed E-state index contributed by atoms with van der Waals surface area (Å²) in [6.45, 7) is 0.956. The van der Waals surface area contributed by atoms with Crippen LogP contribution in [-0.4, -0.2) is 37.8 Å². The van der Waals surface area contributed by atoms with Crippen LogP contribution in [0.5, 0.6) is 0 Å². The van der Waals surface area contributed by atoms with Crippen LogP contribution < -0.4 is 0 Å². The molecular formula is C23H19BrFN3O3. The second-order valence-corrected chi connectivity index (χ2v) is 8.12. The Morgan fingerprint density at radius 2 is 1.77 bits per heavy atom. The summed E-state index contributed by atoms with van der Waals surface area (Å²) in [7, 11) is 0. The van der Waals surface area contributed by atoms with Crippen LogP contribution in [0.2, 0.25) is 0 Å². The Kier molecular flexibility index (Phi) is 5.99. The smallest absolute Gasteiger partial charge is 0.295 e. The first-order chi connectivity index (χ1) is 15.0. The number of carbonyl (C=O) groups excluding carboxylic acids is 2. The summed E-state index contributed by atoms with van der Waals surface area (Å²) in [6.07, 6.45) is 5.80. The predicted octanol–water partition coefficient (Wildman–Crippen LogP) is 4.30. The Labute approximate surface area is 186 Å². The molecule has 4 rings (SSSR count). The zero-order valence-electron chi connectivity index (χ0n) is 16.4. The molecule has 158 valence electrons. The van der Waals surface area contributed by atoms with Crippen LogP contribution in [0.1, 0.15) is 23.6 Å². The van der Waals surface area contributed by atoms with Crippen LogP contribution in [0.25, 0.3) is 5.76 Å². The van der Waals surface area contributed by atoms with E-state index >= 15 is 0 Å². The fourth-order valence-electron chi connectivity index (χ4n) is 3.71. The minimum atomic E-state index is -0.752. The van der Waals surface area contributed by atoms with E-state index in [-0.39, 0.29) is 16.9 Å². The van der Waals surface area contributed by atoms with Crippen molar-refractivity contribution in [3.05, 3.63) is 94.2 Å². The summed E-state index contributed by atoms with van der Waals surface area (Å²) in [5, 5.41) is 10.9. The molecule has 0 radical (unpaired) electrons. The van der Waals surface area contributed by atoms with Crippen molar-refractivity contribution in [1.29, 1.82) is 0 Å². The van der Waals surface area contributed by atoms with E-state index in [0.717, 1.165) is 4.47 Å². The normalized spacial score (nSPS) is 18.0. The van der Waals surface area contributed by atoms with E-state index in [4.69, 9.17) is 0 Å². The van der Waals surface area contributed by atoms with Crippen LogP contribution in [0, 0.1) is 5.82 Å². The van der Waals surface area contributed by atoms with Gasteiger partial charge in [0.1, 0.15) is 11.6 Å². The maximum absolute atomic E-state index is 13.3. The van der Waals surface area contributed by atoms with Crippen LogP contribution >= 0.6 is 15.9 Å². The maximum atomic E-state index is 13.3. The summed E-state index contributed by atoms with van der Waals surface area (Å²) < 4.78 is 16.1. The number of carbonyl (C=O) groups is 2. The number of benzene rings is 2. The van der Waals surface area contributed by atoms with Crippen molar-refractivity contribution >= 4 is 33.4 Å². The van der Waals surface area contributed by atoms with E-state index < -0.39 is 23.5 Å². The molecule has 1 fully saturated rings. The molecule has 2 aromatic carbocycles. The van der Waals surface area contributed by atoms with Gasteiger partial charge in [0, 0.05) is 35.5 Å². The standard InChI is InChI=1S/C23H19BrFN3O3/c24-17-6-2-15(3-7-17)20-19(21(29)16-4-8-18(25)9-5-16)22(30)23(31)28(20)12-1-11-27-13-10-26-14-27/h2-10,13-14,20,29H,1,11-12H2. The zero-order chi connectivity index (χ0) is 22.0. The minimum Gasteiger partial charge on any atom is -0.507 e. The van der Waals surface area contributed by atoms with E-state index in [9.17, 15) is 19.1 Å². The summed E-state index contributed by atoms with van der Waals surface area (Å²) in [5.41, 5.74) is 0.982. The average molecular weight is 484 g/mol. The number of halogens is 2. The minimum absolute atomic E-state index is 0.00145. The number of ketones is 1. The van der Waals surface area contributed by atoms with Gasteiger partial charge in [-0.1, -0.05) is 28.1 Å². The number of aromatic nitrogens is 2. The lowest BCUT2D eigenvalue weighted by Crippen LogP contribution is -2.31. The number of aryl methyl sites for hydroxylation is 1. The van der Waals surface area contributed by atoms with Gasteiger partial charge < -0.3 is 14.6 Å². The molecule has 2 heterocycles. The number of hydrogen-bond donors (Lipinski definition) is 1. The molecule has 1 saturated heterocycles. The zero-order valence-corrected chi connectivity index (χ0v) is 18.0. The number of aliphatic hydroxyl groups excluding tert-OH is 1. The third kappa shape index (κ3) is 4.29. The monoisotopic (exact) mass is 483 g/mol. The van der Waals surface area contributed by atoms with Crippen molar-refractivity contribution in [3.8, 4) is 0 Å². The van der Waals surface area contributed by atoms with Gasteiger partial charge >= 0.3 is 0 Å². The highest BCUT2D eigenvalue weighted by atomic mass is 79.9. The van der Waals surface area contributed by atoms with Crippen molar-refractivity contribution in [3.63, 3.8) is 0 Å². The Balaban J connectivity index is 1.72. The van der Waals surface area contributed by atoms with Gasteiger partial charge in [0.25, 0.3) is 11.7 Å². The second-order valence-electron chi connectivity index (χ2n) is 7.20. The Morgan fingerprint density at radius 1 is 1.06 bits per heavy atom. The van der Waals surface area contributed by atoms with Crippen molar-refractivity contribution < 1.29 is 19.1 Å². The molecule has 0 spiro atoms. The van der Waals surface area contributed by atoms with Crippen molar-refractivity contribution in [2.24, 2.45) is 0 Å². The molecule has 0 saturated carbocycles. The van der Waals surface area contributed by atoms with Crippen LogP contribution in [0.15, 0.2) is 77.3 Å². The third-order valence-corrected chi connectivity index (χ3v) is 5.75. The first-order valence-corrected chi connectivity index (χ1v) is 10.5. The lowest BCUT2D eigenvalue weighted by atomic mass is 9.95. The molecule has 1 aliphatic heterocycles. The first-order valence-electron chi connectivity index (χ1n) is 9.71. The van der Waals surface area contributed by atoms with E-state index in [0.29, 0.717) is 25.1 Å². The van der Waals surface area contributed by atoms with Gasteiger partial charge in [-0.05, 0) is 48.4 Å². The highest BCUT2D eigenvalue weighted by Crippen LogP contribution is 2.39. The fraction of sp³-hybridized carbons (Fsp3) is 0.174. The van der Waals surface area contributed by atoms with Crippen LogP contribution in [0.4, 0.5) is 4.39 Å². The number of hydrogen-bond acceptors (Lipinski definition) is 4. The van der Waals surface area contributed by atoms with Crippen molar-refractivity contribution in [1.82, 2.24) is 14.5 Å². The topological polar surface area (TPSA) is 75.4 Å². The largest absolute Gasteiger partial charge is 0.507 e. The summed E-state index contributed by atoms with van der Waals surface area (Å²) in [4.78, 5) is 31.3. The van der Waals surface area contributed by atoms with Gasteiger partial charge in [0.2, 0.25) is 0 Å². The number of rotatable bonds is 6. The number of Topliss-reactive ketones (excluding diaryl/α,β-unsaturated/α-hetero) is 1. The van der Waals surface area contributed by atoms with Gasteiger partial charge in [0.05, 0.1) is 17.9 Å². The van der Waals surface area contributed by atoms with E-state index in [2.05, 4.69) is 20.9 Å². The molecule has 6 nitrogen and oxygen atoms in total. The highest BCUT2D eigenvalue weighted by molar-refractivity contribution is 9.10. The van der Waals surface area contributed by atoms with Crippen molar-refractivity contribution in [2.45, 2.75) is 19.0 Å². The number of amides is 1. The molecule has 1 amide bonds.